The molecule has 0 saturated heterocycles. The molecular formula is C9H15F3O2. The van der Waals surface area contributed by atoms with Crippen molar-refractivity contribution < 1.29 is 22.7 Å². The van der Waals surface area contributed by atoms with Gasteiger partial charge in [-0.3, -0.25) is 4.79 Å². The van der Waals surface area contributed by atoms with Gasteiger partial charge in [0.25, 0.3) is 0 Å². The third kappa shape index (κ3) is 5.96. The summed E-state index contributed by atoms with van der Waals surface area (Å²) in [5.41, 5.74) is 0. The molecule has 0 radical (unpaired) electrons. The zero-order valence-electron chi connectivity index (χ0n) is 8.36. The summed E-state index contributed by atoms with van der Waals surface area (Å²) in [6.45, 7) is 1.87. The van der Waals surface area contributed by atoms with Crippen LogP contribution in [0.15, 0.2) is 0 Å². The number of carbonyl (C=O) groups is 1. The minimum absolute atomic E-state index is 0.178. The van der Waals surface area contributed by atoms with Crippen molar-refractivity contribution in [3.05, 3.63) is 0 Å². The first-order valence-corrected chi connectivity index (χ1v) is 4.57. The summed E-state index contributed by atoms with van der Waals surface area (Å²) in [6, 6.07) is 0. The first-order chi connectivity index (χ1) is 6.40. The maximum atomic E-state index is 11.6. The highest BCUT2D eigenvalue weighted by molar-refractivity contribution is 5.82. The molecule has 0 spiro atoms. The number of hydrogen-bond acceptors (Lipinski definition) is 2. The first-order valence-electron chi connectivity index (χ1n) is 4.57. The van der Waals surface area contributed by atoms with Crippen LogP contribution in [0.3, 0.4) is 0 Å². The molecule has 0 aromatic rings. The van der Waals surface area contributed by atoms with Crippen LogP contribution >= 0.6 is 0 Å². The SMILES string of the molecule is CCC(CC)C(=O)COCC(F)(F)F. The molecule has 0 aromatic heterocycles. The number of alkyl halides is 3. The maximum absolute atomic E-state index is 11.6. The summed E-state index contributed by atoms with van der Waals surface area (Å²) in [6.07, 6.45) is -3.07. The van der Waals surface area contributed by atoms with Crippen LogP contribution in [-0.2, 0) is 9.53 Å². The molecule has 0 heterocycles. The predicted molar refractivity (Wildman–Crippen MR) is 46.0 cm³/mol. The van der Waals surface area contributed by atoms with Crippen molar-refractivity contribution in [2.75, 3.05) is 13.2 Å². The van der Waals surface area contributed by atoms with E-state index in [1.165, 1.54) is 0 Å². The average Bonchev–Trinajstić information content (AvgIpc) is 2.04. The van der Waals surface area contributed by atoms with Gasteiger partial charge in [-0.25, -0.2) is 0 Å². The molecule has 2 nitrogen and oxygen atoms in total. The van der Waals surface area contributed by atoms with Crippen LogP contribution in [0.25, 0.3) is 0 Å². The van der Waals surface area contributed by atoms with Gasteiger partial charge >= 0.3 is 6.18 Å². The first kappa shape index (κ1) is 13.4. The van der Waals surface area contributed by atoms with Crippen LogP contribution in [0, 0.1) is 5.92 Å². The lowest BCUT2D eigenvalue weighted by Crippen LogP contribution is -2.24. The Morgan fingerprint density at radius 2 is 1.79 bits per heavy atom. The van der Waals surface area contributed by atoms with Crippen molar-refractivity contribution in [1.29, 1.82) is 0 Å². The van der Waals surface area contributed by atoms with Crippen molar-refractivity contribution >= 4 is 5.78 Å². The number of Topliss-reactive ketones (excluding diaryl/α,β-unsaturated/α-hetero) is 1. The van der Waals surface area contributed by atoms with Crippen molar-refractivity contribution in [1.82, 2.24) is 0 Å². The molecule has 0 atom stereocenters. The van der Waals surface area contributed by atoms with Gasteiger partial charge in [-0.2, -0.15) is 13.2 Å². The van der Waals surface area contributed by atoms with Gasteiger partial charge in [-0.15, -0.1) is 0 Å². The molecule has 5 heteroatoms. The lowest BCUT2D eigenvalue weighted by Gasteiger charge is -2.11. The molecule has 0 bridgehead atoms. The average molecular weight is 212 g/mol. The highest BCUT2D eigenvalue weighted by atomic mass is 19.4. The Morgan fingerprint density at radius 1 is 1.29 bits per heavy atom. The van der Waals surface area contributed by atoms with E-state index in [4.69, 9.17) is 0 Å². The van der Waals surface area contributed by atoms with E-state index in [1.807, 2.05) is 13.8 Å². The molecule has 14 heavy (non-hydrogen) atoms. The zero-order chi connectivity index (χ0) is 11.2. The van der Waals surface area contributed by atoms with E-state index in [0.29, 0.717) is 12.8 Å². The summed E-state index contributed by atoms with van der Waals surface area (Å²) in [5.74, 6) is -0.428. The highest BCUT2D eigenvalue weighted by Crippen LogP contribution is 2.15. The standard InChI is InChI=1S/C9H15F3O2/c1-3-7(4-2)8(13)5-14-6-9(10,11)12/h7H,3-6H2,1-2H3. The molecule has 84 valence electrons. The Bertz CT molecular complexity index is 173. The number of ether oxygens (including phenoxy) is 1. The second-order valence-corrected chi connectivity index (χ2v) is 3.09. The summed E-state index contributed by atoms with van der Waals surface area (Å²) in [4.78, 5) is 11.2. The molecule has 0 aliphatic rings. The number of halogens is 3. The van der Waals surface area contributed by atoms with E-state index in [2.05, 4.69) is 4.74 Å². The Labute approximate surface area is 81.4 Å². The van der Waals surface area contributed by atoms with Crippen molar-refractivity contribution in [3.8, 4) is 0 Å². The van der Waals surface area contributed by atoms with Gasteiger partial charge in [0.15, 0.2) is 5.78 Å². The molecule has 0 N–H and O–H groups in total. The number of rotatable bonds is 6. The molecule has 0 amide bonds. The Hall–Kier alpha value is -0.580. The highest BCUT2D eigenvalue weighted by Gasteiger charge is 2.28. The molecule has 0 saturated carbocycles. The molecule has 0 fully saturated rings. The van der Waals surface area contributed by atoms with E-state index in [9.17, 15) is 18.0 Å². The molecular weight excluding hydrogens is 197 g/mol. The van der Waals surface area contributed by atoms with Crippen molar-refractivity contribution in [2.24, 2.45) is 5.92 Å². The quantitative estimate of drug-likeness (QED) is 0.676. The third-order valence-corrected chi connectivity index (χ3v) is 1.95. The van der Waals surface area contributed by atoms with E-state index < -0.39 is 19.4 Å². The lowest BCUT2D eigenvalue weighted by atomic mass is 9.99. The summed E-state index contributed by atoms with van der Waals surface area (Å²) < 4.78 is 39.2. The van der Waals surface area contributed by atoms with E-state index >= 15 is 0 Å². The van der Waals surface area contributed by atoms with Crippen molar-refractivity contribution in [2.45, 2.75) is 32.9 Å². The lowest BCUT2D eigenvalue weighted by molar-refractivity contribution is -0.176. The summed E-state index contributed by atoms with van der Waals surface area (Å²) >= 11 is 0. The van der Waals surface area contributed by atoms with Crippen LogP contribution in [0.2, 0.25) is 0 Å². The summed E-state index contributed by atoms with van der Waals surface area (Å²) in [5, 5.41) is 0. The fourth-order valence-corrected chi connectivity index (χ4v) is 1.13. The maximum Gasteiger partial charge on any atom is 0.411 e. The van der Waals surface area contributed by atoms with Gasteiger partial charge in [-0.05, 0) is 12.8 Å². The fourth-order valence-electron chi connectivity index (χ4n) is 1.13. The molecule has 0 aliphatic carbocycles. The number of carbonyl (C=O) groups excluding carboxylic acids is 1. The monoisotopic (exact) mass is 212 g/mol. The van der Waals surface area contributed by atoms with Crippen molar-refractivity contribution in [3.63, 3.8) is 0 Å². The Balaban J connectivity index is 3.74. The second kappa shape index (κ2) is 6.01. The topological polar surface area (TPSA) is 26.3 Å². The second-order valence-electron chi connectivity index (χ2n) is 3.09. The number of hydrogen-bond donors (Lipinski definition) is 0. The van der Waals surface area contributed by atoms with Gasteiger partial charge in [0.1, 0.15) is 13.2 Å². The van der Waals surface area contributed by atoms with Crippen LogP contribution < -0.4 is 0 Å². The molecule has 0 aliphatic heterocycles. The minimum Gasteiger partial charge on any atom is -0.364 e. The zero-order valence-corrected chi connectivity index (χ0v) is 8.36. The molecule has 0 aromatic carbocycles. The molecule has 0 rings (SSSR count). The van der Waals surface area contributed by atoms with Gasteiger partial charge in [0.05, 0.1) is 0 Å². The van der Waals surface area contributed by atoms with E-state index in [0.717, 1.165) is 0 Å². The Kier molecular flexibility index (Phi) is 5.76. The van der Waals surface area contributed by atoms with Gasteiger partial charge in [0.2, 0.25) is 0 Å². The minimum atomic E-state index is -4.35. The predicted octanol–water partition coefficient (Wildman–Crippen LogP) is 2.57. The van der Waals surface area contributed by atoms with Gasteiger partial charge in [0, 0.05) is 5.92 Å². The fraction of sp³-hybridized carbons (Fsp3) is 0.889. The van der Waals surface area contributed by atoms with Crippen LogP contribution in [0.4, 0.5) is 13.2 Å². The Morgan fingerprint density at radius 3 is 2.14 bits per heavy atom. The van der Waals surface area contributed by atoms with Crippen LogP contribution in [-0.4, -0.2) is 25.2 Å². The largest absolute Gasteiger partial charge is 0.411 e. The van der Waals surface area contributed by atoms with Crippen LogP contribution in [0.1, 0.15) is 26.7 Å². The summed E-state index contributed by atoms with van der Waals surface area (Å²) in [7, 11) is 0. The normalized spacial score (nSPS) is 12.1. The number of ketones is 1. The van der Waals surface area contributed by atoms with Gasteiger partial charge < -0.3 is 4.74 Å². The molecule has 0 unspecified atom stereocenters. The van der Waals surface area contributed by atoms with E-state index in [-0.39, 0.29) is 11.7 Å². The van der Waals surface area contributed by atoms with E-state index in [1.54, 1.807) is 0 Å². The van der Waals surface area contributed by atoms with Gasteiger partial charge in [-0.1, -0.05) is 13.8 Å². The third-order valence-electron chi connectivity index (χ3n) is 1.95. The smallest absolute Gasteiger partial charge is 0.364 e. The van der Waals surface area contributed by atoms with Crippen LogP contribution in [0.5, 0.6) is 0 Å².